The fraction of sp³-hybridized carbons (Fsp3) is 1.00. The molecule has 2 nitrogen and oxygen atoms in total. The van der Waals surface area contributed by atoms with E-state index >= 15 is 0 Å². The molecule has 1 N–H and O–H groups in total. The molecule has 2 heterocycles. The molecule has 0 aromatic carbocycles. The van der Waals surface area contributed by atoms with Gasteiger partial charge in [0.15, 0.2) is 0 Å². The van der Waals surface area contributed by atoms with Crippen LogP contribution in [-0.4, -0.2) is 42.3 Å². The van der Waals surface area contributed by atoms with E-state index in [0.29, 0.717) is 12.6 Å². The Labute approximate surface area is 107 Å². The number of likely N-dealkylation sites (tertiary alicyclic amines) is 1. The van der Waals surface area contributed by atoms with E-state index in [1.54, 1.807) is 13.8 Å². The van der Waals surface area contributed by atoms with Gasteiger partial charge in [0.1, 0.15) is 0 Å². The molecule has 0 amide bonds. The lowest BCUT2D eigenvalue weighted by atomic mass is 9.86. The molecule has 2 unspecified atom stereocenters. The highest BCUT2D eigenvalue weighted by Crippen LogP contribution is 2.46. The van der Waals surface area contributed by atoms with Gasteiger partial charge in [-0.05, 0) is 59.2 Å². The van der Waals surface area contributed by atoms with E-state index in [4.69, 9.17) is 0 Å². The largest absolute Gasteiger partial charge is 0.393 e. The predicted octanol–water partition coefficient (Wildman–Crippen LogP) is 2.79. The van der Waals surface area contributed by atoms with Gasteiger partial charge in [-0.2, -0.15) is 13.2 Å². The first kappa shape index (κ1) is 14.1. The Kier molecular flexibility index (Phi) is 3.93. The van der Waals surface area contributed by atoms with Crippen molar-refractivity contribution in [3.63, 3.8) is 0 Å². The molecule has 2 aliphatic heterocycles. The molecule has 0 bridgehead atoms. The zero-order chi connectivity index (χ0) is 13.4. The Morgan fingerprint density at radius 2 is 1.83 bits per heavy atom. The highest BCUT2D eigenvalue weighted by atomic mass is 19.4. The lowest BCUT2D eigenvalue weighted by Gasteiger charge is -2.41. The second kappa shape index (κ2) is 5.00. The summed E-state index contributed by atoms with van der Waals surface area (Å²) >= 11 is 0. The minimum Gasteiger partial charge on any atom is -0.317 e. The van der Waals surface area contributed by atoms with Gasteiger partial charge in [-0.25, -0.2) is 0 Å². The summed E-state index contributed by atoms with van der Waals surface area (Å²) in [6, 6.07) is 0.308. The molecule has 18 heavy (non-hydrogen) atoms. The summed E-state index contributed by atoms with van der Waals surface area (Å²) in [5, 5.41) is 3.32. The molecule has 0 aromatic heterocycles. The molecule has 0 spiro atoms. The third-order valence-corrected chi connectivity index (χ3v) is 4.63. The topological polar surface area (TPSA) is 15.3 Å². The first-order valence-electron chi connectivity index (χ1n) is 6.87. The second-order valence-electron chi connectivity index (χ2n) is 6.06. The van der Waals surface area contributed by atoms with Crippen LogP contribution in [0, 0.1) is 5.92 Å². The summed E-state index contributed by atoms with van der Waals surface area (Å²) in [7, 11) is 0. The Hall–Kier alpha value is -0.290. The molecule has 2 fully saturated rings. The van der Waals surface area contributed by atoms with Crippen molar-refractivity contribution in [2.45, 2.75) is 57.3 Å². The molecule has 0 aromatic rings. The number of hydrogen-bond donors (Lipinski definition) is 1. The minimum atomic E-state index is -4.07. The maximum Gasteiger partial charge on any atom is 0.393 e. The van der Waals surface area contributed by atoms with Gasteiger partial charge < -0.3 is 5.32 Å². The molecule has 2 rings (SSSR count). The van der Waals surface area contributed by atoms with E-state index < -0.39 is 17.6 Å². The van der Waals surface area contributed by atoms with Gasteiger partial charge in [-0.15, -0.1) is 0 Å². The second-order valence-corrected chi connectivity index (χ2v) is 6.06. The highest BCUT2D eigenvalue weighted by molar-refractivity contribution is 5.01. The standard InChI is InChI=1S/C13H23F3N2/c1-12(2)11(13(14,15)16)6-9-18(12)10-4-3-7-17-8-5-10/h10-11,17H,3-9H2,1-2H3. The molecule has 2 aliphatic rings. The number of alkyl halides is 3. The average molecular weight is 264 g/mol. The Morgan fingerprint density at radius 1 is 1.11 bits per heavy atom. The van der Waals surface area contributed by atoms with E-state index in [1.807, 2.05) is 0 Å². The fourth-order valence-corrected chi connectivity index (χ4v) is 3.64. The van der Waals surface area contributed by atoms with Crippen molar-refractivity contribution >= 4 is 0 Å². The van der Waals surface area contributed by atoms with Crippen LogP contribution >= 0.6 is 0 Å². The summed E-state index contributed by atoms with van der Waals surface area (Å²) in [5.41, 5.74) is -0.757. The predicted molar refractivity (Wildman–Crippen MR) is 65.5 cm³/mol. The van der Waals surface area contributed by atoms with E-state index in [9.17, 15) is 13.2 Å². The SMILES string of the molecule is CC1(C)C(C(F)(F)F)CCN1C1CCCNCC1. The summed E-state index contributed by atoms with van der Waals surface area (Å²) in [5.74, 6) is -1.18. The minimum absolute atomic E-state index is 0.250. The van der Waals surface area contributed by atoms with Crippen molar-refractivity contribution in [2.75, 3.05) is 19.6 Å². The quantitative estimate of drug-likeness (QED) is 0.783. The molecular weight excluding hydrogens is 241 g/mol. The normalized spacial score (nSPS) is 34.5. The number of halogens is 3. The van der Waals surface area contributed by atoms with Crippen LogP contribution < -0.4 is 5.32 Å². The van der Waals surface area contributed by atoms with E-state index in [0.717, 1.165) is 32.4 Å². The van der Waals surface area contributed by atoms with Crippen LogP contribution in [0.15, 0.2) is 0 Å². The van der Waals surface area contributed by atoms with Crippen molar-refractivity contribution in [1.82, 2.24) is 10.2 Å². The lowest BCUT2D eigenvalue weighted by molar-refractivity contribution is -0.193. The molecule has 0 radical (unpaired) electrons. The van der Waals surface area contributed by atoms with E-state index in [1.165, 1.54) is 0 Å². The molecule has 0 saturated carbocycles. The van der Waals surface area contributed by atoms with Crippen molar-refractivity contribution < 1.29 is 13.2 Å². The van der Waals surface area contributed by atoms with Gasteiger partial charge in [0.05, 0.1) is 5.92 Å². The monoisotopic (exact) mass is 264 g/mol. The van der Waals surface area contributed by atoms with Crippen molar-refractivity contribution in [3.05, 3.63) is 0 Å². The number of nitrogens with zero attached hydrogens (tertiary/aromatic N) is 1. The average Bonchev–Trinajstić information content (AvgIpc) is 2.47. The van der Waals surface area contributed by atoms with Crippen LogP contribution in [0.3, 0.4) is 0 Å². The number of hydrogen-bond acceptors (Lipinski definition) is 2. The highest BCUT2D eigenvalue weighted by Gasteiger charge is 2.55. The molecule has 2 saturated heterocycles. The van der Waals surface area contributed by atoms with Gasteiger partial charge in [0.25, 0.3) is 0 Å². The third-order valence-electron chi connectivity index (χ3n) is 4.63. The lowest BCUT2D eigenvalue weighted by Crippen LogP contribution is -2.51. The van der Waals surface area contributed by atoms with E-state index in [-0.39, 0.29) is 6.42 Å². The van der Waals surface area contributed by atoms with Gasteiger partial charge in [-0.1, -0.05) is 0 Å². The smallest absolute Gasteiger partial charge is 0.317 e. The maximum atomic E-state index is 13.0. The molecule has 2 atom stereocenters. The van der Waals surface area contributed by atoms with Crippen LogP contribution in [0.5, 0.6) is 0 Å². The zero-order valence-corrected chi connectivity index (χ0v) is 11.2. The molecule has 106 valence electrons. The first-order valence-corrected chi connectivity index (χ1v) is 6.87. The summed E-state index contributed by atoms with van der Waals surface area (Å²) in [6.07, 6.45) is -0.773. The molecular formula is C13H23F3N2. The van der Waals surface area contributed by atoms with Crippen LogP contribution in [0.2, 0.25) is 0 Å². The van der Waals surface area contributed by atoms with E-state index in [2.05, 4.69) is 10.2 Å². The van der Waals surface area contributed by atoms with Gasteiger partial charge >= 0.3 is 6.18 Å². The van der Waals surface area contributed by atoms with Gasteiger partial charge in [0.2, 0.25) is 0 Å². The van der Waals surface area contributed by atoms with Crippen molar-refractivity contribution in [1.29, 1.82) is 0 Å². The number of nitrogens with one attached hydrogen (secondary N) is 1. The van der Waals surface area contributed by atoms with Crippen LogP contribution in [0.25, 0.3) is 0 Å². The van der Waals surface area contributed by atoms with Crippen LogP contribution in [0.4, 0.5) is 13.2 Å². The first-order chi connectivity index (χ1) is 8.33. The van der Waals surface area contributed by atoms with Crippen LogP contribution in [0.1, 0.15) is 39.5 Å². The van der Waals surface area contributed by atoms with Crippen molar-refractivity contribution in [3.8, 4) is 0 Å². The third kappa shape index (κ3) is 2.67. The molecule has 5 heteroatoms. The molecule has 0 aliphatic carbocycles. The van der Waals surface area contributed by atoms with Gasteiger partial charge in [0, 0.05) is 11.6 Å². The Morgan fingerprint density at radius 3 is 2.44 bits per heavy atom. The number of rotatable bonds is 1. The fourth-order valence-electron chi connectivity index (χ4n) is 3.64. The van der Waals surface area contributed by atoms with Crippen LogP contribution in [-0.2, 0) is 0 Å². The summed E-state index contributed by atoms with van der Waals surface area (Å²) < 4.78 is 39.1. The summed E-state index contributed by atoms with van der Waals surface area (Å²) in [6.45, 7) is 6.02. The maximum absolute atomic E-state index is 13.0. The Balaban J connectivity index is 2.10. The zero-order valence-electron chi connectivity index (χ0n) is 11.2. The van der Waals surface area contributed by atoms with Gasteiger partial charge in [-0.3, -0.25) is 4.90 Å². The Bertz CT molecular complexity index is 280. The summed E-state index contributed by atoms with van der Waals surface area (Å²) in [4.78, 5) is 2.11. The van der Waals surface area contributed by atoms with Crippen molar-refractivity contribution in [2.24, 2.45) is 5.92 Å².